The van der Waals surface area contributed by atoms with Gasteiger partial charge in [0.1, 0.15) is 10.4 Å². The van der Waals surface area contributed by atoms with Crippen molar-refractivity contribution in [3.8, 4) is 11.1 Å². The summed E-state index contributed by atoms with van der Waals surface area (Å²) in [5, 5.41) is 13.3. The highest BCUT2D eigenvalue weighted by Crippen LogP contribution is 2.35. The number of thiocarbonyl (C=S) groups is 1. The van der Waals surface area contributed by atoms with Gasteiger partial charge in [-0.3, -0.25) is 14.5 Å². The highest BCUT2D eigenvalue weighted by Gasteiger charge is 2.31. The number of carbonyl (C=O) groups is 3. The first-order chi connectivity index (χ1) is 15.7. The molecule has 2 aromatic rings. The number of carbonyl (C=O) groups excluding carboxylic acids is 2. The van der Waals surface area contributed by atoms with Crippen LogP contribution in [0.4, 0.5) is 8.78 Å². The van der Waals surface area contributed by atoms with Crippen molar-refractivity contribution in [1.82, 2.24) is 10.2 Å². The van der Waals surface area contributed by atoms with Gasteiger partial charge in [0.05, 0.1) is 4.91 Å². The molecule has 1 aromatic heterocycles. The van der Waals surface area contributed by atoms with Gasteiger partial charge in [-0.2, -0.15) is 0 Å². The van der Waals surface area contributed by atoms with Crippen molar-refractivity contribution >= 4 is 63.5 Å². The molecule has 2 N–H and O–H groups in total. The van der Waals surface area contributed by atoms with Crippen LogP contribution < -0.4 is 5.32 Å². The SMILES string of the molecule is CC(=O)N[C@@H](CCCCN1C(=O)C(=Cc2cc(-c3ccc(F)c(F)c3)cs2)SC1=S)C(=O)O. The fourth-order valence-corrected chi connectivity index (χ4v) is 5.42. The Kier molecular flexibility index (Phi) is 8.33. The zero-order valence-corrected chi connectivity index (χ0v) is 19.9. The second-order valence-electron chi connectivity index (χ2n) is 7.29. The van der Waals surface area contributed by atoms with Gasteiger partial charge in [0.2, 0.25) is 5.91 Å². The van der Waals surface area contributed by atoms with Gasteiger partial charge >= 0.3 is 5.97 Å². The van der Waals surface area contributed by atoms with E-state index in [1.54, 1.807) is 17.5 Å². The maximum atomic E-state index is 13.5. The van der Waals surface area contributed by atoms with Crippen molar-refractivity contribution in [2.24, 2.45) is 0 Å². The summed E-state index contributed by atoms with van der Waals surface area (Å²) in [6.07, 6.45) is 2.99. The number of carboxylic acid groups (broad SMARTS) is 1. The lowest BCUT2D eigenvalue weighted by molar-refractivity contribution is -0.141. The Morgan fingerprint density at radius 1 is 1.21 bits per heavy atom. The van der Waals surface area contributed by atoms with Gasteiger partial charge in [-0.15, -0.1) is 11.3 Å². The number of hydrogen-bond donors (Lipinski definition) is 2. The standard InChI is InChI=1S/C22H20F2N2O4S3/c1-12(27)25-18(21(29)30)4-2-3-7-26-20(28)19(33-22(26)31)10-15-8-14(11-32-15)13-5-6-16(23)17(24)9-13/h5-6,8-11,18H,2-4,7H2,1H3,(H,25,27)(H,29,30)/t18-/m0/s1. The molecule has 0 radical (unpaired) electrons. The van der Waals surface area contributed by atoms with Crippen molar-refractivity contribution in [2.45, 2.75) is 32.2 Å². The van der Waals surface area contributed by atoms with E-state index in [9.17, 15) is 23.2 Å². The molecule has 1 atom stereocenters. The summed E-state index contributed by atoms with van der Waals surface area (Å²) >= 11 is 7.87. The zero-order chi connectivity index (χ0) is 24.1. The quantitative estimate of drug-likeness (QED) is 0.290. The lowest BCUT2D eigenvalue weighted by Crippen LogP contribution is -2.39. The van der Waals surface area contributed by atoms with Gasteiger partial charge in [0, 0.05) is 18.3 Å². The Bertz CT molecular complexity index is 1130. The molecule has 11 heteroatoms. The van der Waals surface area contributed by atoms with Crippen LogP contribution in [-0.4, -0.2) is 44.7 Å². The van der Waals surface area contributed by atoms with Crippen LogP contribution in [0.25, 0.3) is 17.2 Å². The fraction of sp³-hybridized carbons (Fsp3) is 0.273. The van der Waals surface area contributed by atoms with Crippen LogP contribution in [0, 0.1) is 11.6 Å². The molecule has 1 fully saturated rings. The van der Waals surface area contributed by atoms with E-state index in [2.05, 4.69) is 5.32 Å². The highest BCUT2D eigenvalue weighted by atomic mass is 32.2. The minimum absolute atomic E-state index is 0.232. The average molecular weight is 511 g/mol. The molecule has 2 amide bonds. The zero-order valence-electron chi connectivity index (χ0n) is 17.5. The second-order valence-corrected chi connectivity index (χ2v) is 9.91. The predicted octanol–water partition coefficient (Wildman–Crippen LogP) is 4.65. The van der Waals surface area contributed by atoms with Gasteiger partial charge in [-0.1, -0.05) is 30.0 Å². The van der Waals surface area contributed by atoms with Crippen LogP contribution in [0.3, 0.4) is 0 Å². The Morgan fingerprint density at radius 2 is 1.97 bits per heavy atom. The number of amides is 2. The molecular weight excluding hydrogens is 490 g/mol. The topological polar surface area (TPSA) is 86.7 Å². The molecule has 0 aliphatic carbocycles. The first kappa shape index (κ1) is 25.0. The second kappa shape index (κ2) is 11.0. The van der Waals surface area contributed by atoms with E-state index >= 15 is 0 Å². The van der Waals surface area contributed by atoms with E-state index in [-0.39, 0.29) is 12.3 Å². The Morgan fingerprint density at radius 3 is 2.64 bits per heavy atom. The predicted molar refractivity (Wildman–Crippen MR) is 129 cm³/mol. The number of hydrogen-bond acceptors (Lipinski definition) is 6. The molecule has 0 bridgehead atoms. The molecule has 1 aromatic carbocycles. The van der Waals surface area contributed by atoms with Crippen LogP contribution in [0.2, 0.25) is 0 Å². The summed E-state index contributed by atoms with van der Waals surface area (Å²) in [6, 6.07) is 4.52. The van der Waals surface area contributed by atoms with E-state index < -0.39 is 29.6 Å². The summed E-state index contributed by atoms with van der Waals surface area (Å²) in [5.74, 6) is -3.58. The molecule has 1 aliphatic rings. The van der Waals surface area contributed by atoms with Crippen LogP contribution >= 0.6 is 35.3 Å². The minimum atomic E-state index is -1.10. The molecule has 0 unspecified atom stereocenters. The molecule has 0 saturated carbocycles. The van der Waals surface area contributed by atoms with Crippen molar-refractivity contribution in [3.63, 3.8) is 0 Å². The summed E-state index contributed by atoms with van der Waals surface area (Å²) in [4.78, 5) is 37.8. The number of benzene rings is 1. The molecular formula is C22H20F2N2O4S3. The van der Waals surface area contributed by atoms with Crippen LogP contribution in [0.5, 0.6) is 0 Å². The first-order valence-electron chi connectivity index (χ1n) is 9.95. The summed E-state index contributed by atoms with van der Waals surface area (Å²) < 4.78 is 27.1. The summed E-state index contributed by atoms with van der Waals surface area (Å²) in [5.41, 5.74) is 1.25. The summed E-state index contributed by atoms with van der Waals surface area (Å²) in [6.45, 7) is 1.61. The molecule has 3 rings (SSSR count). The van der Waals surface area contributed by atoms with Crippen LogP contribution in [-0.2, 0) is 14.4 Å². The summed E-state index contributed by atoms with van der Waals surface area (Å²) in [7, 11) is 0. The smallest absolute Gasteiger partial charge is 0.326 e. The largest absolute Gasteiger partial charge is 0.480 e. The fourth-order valence-electron chi connectivity index (χ4n) is 3.20. The third kappa shape index (κ3) is 6.46. The molecule has 6 nitrogen and oxygen atoms in total. The average Bonchev–Trinajstić information content (AvgIpc) is 3.31. The van der Waals surface area contributed by atoms with Crippen molar-refractivity contribution in [3.05, 3.63) is 51.1 Å². The monoisotopic (exact) mass is 510 g/mol. The number of thiophene rings is 1. The van der Waals surface area contributed by atoms with Crippen molar-refractivity contribution in [2.75, 3.05) is 6.54 Å². The normalized spacial score (nSPS) is 15.8. The third-order valence-corrected chi connectivity index (χ3v) is 7.08. The third-order valence-electron chi connectivity index (χ3n) is 4.82. The van der Waals surface area contributed by atoms with Gasteiger partial charge < -0.3 is 10.4 Å². The lowest BCUT2D eigenvalue weighted by atomic mass is 10.1. The highest BCUT2D eigenvalue weighted by molar-refractivity contribution is 8.26. The van der Waals surface area contributed by atoms with E-state index in [0.29, 0.717) is 39.7 Å². The van der Waals surface area contributed by atoms with E-state index in [0.717, 1.165) is 17.0 Å². The van der Waals surface area contributed by atoms with Gasteiger partial charge in [-0.25, -0.2) is 13.6 Å². The Balaban J connectivity index is 1.59. The number of halogens is 2. The van der Waals surface area contributed by atoms with E-state index in [4.69, 9.17) is 17.3 Å². The molecule has 174 valence electrons. The maximum Gasteiger partial charge on any atom is 0.326 e. The Labute approximate surface area is 202 Å². The number of carboxylic acids is 1. The lowest BCUT2D eigenvalue weighted by Gasteiger charge is -2.16. The molecule has 1 saturated heterocycles. The van der Waals surface area contributed by atoms with Crippen LogP contribution in [0.1, 0.15) is 31.1 Å². The van der Waals surface area contributed by atoms with Gasteiger partial charge in [0.15, 0.2) is 11.6 Å². The number of nitrogens with one attached hydrogen (secondary N) is 1. The molecule has 33 heavy (non-hydrogen) atoms. The number of rotatable bonds is 9. The molecule has 0 spiro atoms. The minimum Gasteiger partial charge on any atom is -0.480 e. The van der Waals surface area contributed by atoms with Crippen molar-refractivity contribution < 1.29 is 28.3 Å². The van der Waals surface area contributed by atoms with E-state index in [1.165, 1.54) is 41.0 Å². The Hall–Kier alpha value is -2.63. The number of unbranched alkanes of at least 4 members (excludes halogenated alkanes) is 1. The number of thioether (sulfide) groups is 1. The molecule has 1 aliphatic heterocycles. The van der Waals surface area contributed by atoms with Gasteiger partial charge in [-0.05, 0) is 60.0 Å². The first-order valence-corrected chi connectivity index (χ1v) is 12.1. The maximum absolute atomic E-state index is 13.5. The number of nitrogens with zero attached hydrogens (tertiary/aromatic N) is 1. The molecule has 2 heterocycles. The van der Waals surface area contributed by atoms with Crippen LogP contribution in [0.15, 0.2) is 34.6 Å². The van der Waals surface area contributed by atoms with Crippen molar-refractivity contribution in [1.29, 1.82) is 0 Å². The van der Waals surface area contributed by atoms with Gasteiger partial charge in [0.25, 0.3) is 5.91 Å². The van der Waals surface area contributed by atoms with E-state index in [1.807, 2.05) is 0 Å². The number of aliphatic carboxylic acids is 1.